The van der Waals surface area contributed by atoms with Crippen molar-refractivity contribution in [2.45, 2.75) is 13.1 Å². The van der Waals surface area contributed by atoms with Crippen LogP contribution in [-0.2, 0) is 13.1 Å². The third-order valence-electron chi connectivity index (χ3n) is 2.44. The first-order valence-electron chi connectivity index (χ1n) is 5.19. The van der Waals surface area contributed by atoms with Gasteiger partial charge in [0.15, 0.2) is 0 Å². The average Bonchev–Trinajstić information content (AvgIpc) is 2.70. The van der Waals surface area contributed by atoms with Crippen LogP contribution in [-0.4, -0.2) is 16.6 Å². The van der Waals surface area contributed by atoms with Crippen LogP contribution in [0.2, 0.25) is 5.02 Å². The molecule has 4 heteroatoms. The van der Waals surface area contributed by atoms with Crippen molar-refractivity contribution in [1.82, 2.24) is 14.9 Å². The van der Waals surface area contributed by atoms with Gasteiger partial charge in [-0.05, 0) is 18.7 Å². The summed E-state index contributed by atoms with van der Waals surface area (Å²) in [6.07, 6.45) is 3.78. The normalized spacial score (nSPS) is 10.6. The number of benzene rings is 1. The fourth-order valence-corrected chi connectivity index (χ4v) is 1.81. The zero-order valence-electron chi connectivity index (χ0n) is 9.15. The van der Waals surface area contributed by atoms with E-state index in [4.69, 9.17) is 11.6 Å². The van der Waals surface area contributed by atoms with Crippen LogP contribution in [0.5, 0.6) is 0 Å². The van der Waals surface area contributed by atoms with Crippen molar-refractivity contribution in [3.8, 4) is 0 Å². The average molecular weight is 236 g/mol. The third-order valence-corrected chi connectivity index (χ3v) is 2.80. The molecule has 0 fully saturated rings. The van der Waals surface area contributed by atoms with Crippen molar-refractivity contribution in [3.05, 3.63) is 53.1 Å². The summed E-state index contributed by atoms with van der Waals surface area (Å²) in [7, 11) is 1.91. The standard InChI is InChI=1S/C12H14ClN3/c1-14-8-12-15-6-7-16(12)9-10-4-2-3-5-11(10)13/h2-7,14H,8-9H2,1H3. The molecule has 2 rings (SSSR count). The minimum absolute atomic E-state index is 0.761. The summed E-state index contributed by atoms with van der Waals surface area (Å²) in [5.74, 6) is 1.02. The molecule has 0 saturated carbocycles. The molecule has 0 radical (unpaired) electrons. The van der Waals surface area contributed by atoms with Gasteiger partial charge in [-0.25, -0.2) is 4.98 Å². The van der Waals surface area contributed by atoms with Gasteiger partial charge in [0, 0.05) is 17.4 Å². The van der Waals surface area contributed by atoms with Crippen molar-refractivity contribution in [1.29, 1.82) is 0 Å². The lowest BCUT2D eigenvalue weighted by atomic mass is 10.2. The molecular weight excluding hydrogens is 222 g/mol. The van der Waals surface area contributed by atoms with E-state index in [-0.39, 0.29) is 0 Å². The van der Waals surface area contributed by atoms with Gasteiger partial charge in [0.05, 0.1) is 13.1 Å². The molecule has 16 heavy (non-hydrogen) atoms. The highest BCUT2D eigenvalue weighted by Crippen LogP contribution is 2.16. The van der Waals surface area contributed by atoms with Gasteiger partial charge in [-0.1, -0.05) is 29.8 Å². The number of nitrogens with zero attached hydrogens (tertiary/aromatic N) is 2. The Kier molecular flexibility index (Phi) is 3.59. The summed E-state index contributed by atoms with van der Waals surface area (Å²) in [6.45, 7) is 1.52. The molecule has 0 amide bonds. The molecule has 0 aliphatic heterocycles. The van der Waals surface area contributed by atoms with E-state index in [2.05, 4.69) is 14.9 Å². The minimum Gasteiger partial charge on any atom is -0.329 e. The van der Waals surface area contributed by atoms with Crippen LogP contribution in [0, 0.1) is 0 Å². The Bertz CT molecular complexity index is 465. The smallest absolute Gasteiger partial charge is 0.122 e. The molecule has 3 nitrogen and oxygen atoms in total. The zero-order valence-corrected chi connectivity index (χ0v) is 9.91. The first-order chi connectivity index (χ1) is 7.81. The number of hydrogen-bond acceptors (Lipinski definition) is 2. The number of aromatic nitrogens is 2. The molecule has 0 aliphatic carbocycles. The predicted molar refractivity (Wildman–Crippen MR) is 65.5 cm³/mol. The Morgan fingerprint density at radius 1 is 1.38 bits per heavy atom. The fourth-order valence-electron chi connectivity index (χ4n) is 1.62. The van der Waals surface area contributed by atoms with Gasteiger partial charge in [0.25, 0.3) is 0 Å². The van der Waals surface area contributed by atoms with E-state index in [0.717, 1.165) is 29.5 Å². The lowest BCUT2D eigenvalue weighted by molar-refractivity contribution is 0.673. The molecule has 2 aromatic rings. The van der Waals surface area contributed by atoms with E-state index in [9.17, 15) is 0 Å². The number of halogens is 1. The van der Waals surface area contributed by atoms with Crippen LogP contribution >= 0.6 is 11.6 Å². The van der Waals surface area contributed by atoms with Crippen LogP contribution in [0.4, 0.5) is 0 Å². The first kappa shape index (κ1) is 11.2. The Balaban J connectivity index is 2.20. The zero-order chi connectivity index (χ0) is 11.4. The van der Waals surface area contributed by atoms with E-state index in [0.29, 0.717) is 0 Å². The molecule has 1 aromatic carbocycles. The maximum atomic E-state index is 6.12. The topological polar surface area (TPSA) is 29.9 Å². The van der Waals surface area contributed by atoms with Crippen LogP contribution in [0.3, 0.4) is 0 Å². The third kappa shape index (κ3) is 2.43. The van der Waals surface area contributed by atoms with Crippen molar-refractivity contribution < 1.29 is 0 Å². The second-order valence-electron chi connectivity index (χ2n) is 3.59. The predicted octanol–water partition coefficient (Wildman–Crippen LogP) is 2.30. The molecule has 1 N–H and O–H groups in total. The Labute approximate surface area is 100 Å². The van der Waals surface area contributed by atoms with Gasteiger partial charge in [0.2, 0.25) is 0 Å². The van der Waals surface area contributed by atoms with Gasteiger partial charge in [-0.2, -0.15) is 0 Å². The molecule has 0 aliphatic rings. The summed E-state index contributed by atoms with van der Waals surface area (Å²) in [6, 6.07) is 7.88. The van der Waals surface area contributed by atoms with Crippen LogP contribution in [0.1, 0.15) is 11.4 Å². The summed E-state index contributed by atoms with van der Waals surface area (Å²) >= 11 is 6.12. The molecule has 0 unspecified atom stereocenters. The summed E-state index contributed by atoms with van der Waals surface area (Å²) in [5, 5.41) is 3.89. The maximum Gasteiger partial charge on any atom is 0.122 e. The fraction of sp³-hybridized carbons (Fsp3) is 0.250. The van der Waals surface area contributed by atoms with Crippen molar-refractivity contribution in [2.75, 3.05) is 7.05 Å². The molecular formula is C12H14ClN3. The highest BCUT2D eigenvalue weighted by molar-refractivity contribution is 6.31. The van der Waals surface area contributed by atoms with Gasteiger partial charge in [-0.3, -0.25) is 0 Å². The van der Waals surface area contributed by atoms with Crippen molar-refractivity contribution in [2.24, 2.45) is 0 Å². The van der Waals surface area contributed by atoms with Gasteiger partial charge < -0.3 is 9.88 Å². The van der Waals surface area contributed by atoms with E-state index in [1.165, 1.54) is 0 Å². The Morgan fingerprint density at radius 2 is 2.19 bits per heavy atom. The van der Waals surface area contributed by atoms with Crippen LogP contribution in [0.15, 0.2) is 36.7 Å². The van der Waals surface area contributed by atoms with E-state index >= 15 is 0 Å². The van der Waals surface area contributed by atoms with E-state index in [1.807, 2.05) is 43.7 Å². The number of imidazole rings is 1. The SMILES string of the molecule is CNCc1nccn1Cc1ccccc1Cl. The molecule has 84 valence electrons. The number of rotatable bonds is 4. The lowest BCUT2D eigenvalue weighted by Crippen LogP contribution is -2.12. The number of hydrogen-bond donors (Lipinski definition) is 1. The van der Waals surface area contributed by atoms with Gasteiger partial charge in [0.1, 0.15) is 5.82 Å². The van der Waals surface area contributed by atoms with Crippen LogP contribution < -0.4 is 5.32 Å². The summed E-state index contributed by atoms with van der Waals surface area (Å²) in [4.78, 5) is 4.29. The van der Waals surface area contributed by atoms with Gasteiger partial charge >= 0.3 is 0 Å². The summed E-state index contributed by atoms with van der Waals surface area (Å²) < 4.78 is 2.09. The van der Waals surface area contributed by atoms with Gasteiger partial charge in [-0.15, -0.1) is 0 Å². The minimum atomic E-state index is 0.761. The second-order valence-corrected chi connectivity index (χ2v) is 4.00. The highest BCUT2D eigenvalue weighted by atomic mass is 35.5. The Morgan fingerprint density at radius 3 is 2.94 bits per heavy atom. The highest BCUT2D eigenvalue weighted by Gasteiger charge is 2.04. The largest absolute Gasteiger partial charge is 0.329 e. The van der Waals surface area contributed by atoms with E-state index in [1.54, 1.807) is 0 Å². The quantitative estimate of drug-likeness (QED) is 0.882. The molecule has 0 saturated heterocycles. The molecule has 1 aromatic heterocycles. The molecule has 1 heterocycles. The molecule has 0 atom stereocenters. The molecule has 0 spiro atoms. The maximum absolute atomic E-state index is 6.12. The second kappa shape index (κ2) is 5.14. The van der Waals surface area contributed by atoms with Crippen LogP contribution in [0.25, 0.3) is 0 Å². The van der Waals surface area contributed by atoms with Crippen molar-refractivity contribution in [3.63, 3.8) is 0 Å². The number of nitrogens with one attached hydrogen (secondary N) is 1. The van der Waals surface area contributed by atoms with Crippen molar-refractivity contribution >= 4 is 11.6 Å². The Hall–Kier alpha value is -1.32. The molecule has 0 bridgehead atoms. The first-order valence-corrected chi connectivity index (χ1v) is 5.57. The monoisotopic (exact) mass is 235 g/mol. The van der Waals surface area contributed by atoms with E-state index < -0.39 is 0 Å². The lowest BCUT2D eigenvalue weighted by Gasteiger charge is -2.08. The summed E-state index contributed by atoms with van der Waals surface area (Å²) in [5.41, 5.74) is 1.11.